The van der Waals surface area contributed by atoms with Gasteiger partial charge in [0, 0.05) is 0 Å². The van der Waals surface area contributed by atoms with E-state index in [-0.39, 0.29) is 17.1 Å². The van der Waals surface area contributed by atoms with Gasteiger partial charge in [0.25, 0.3) is 5.91 Å². The Bertz CT molecular complexity index is 773. The van der Waals surface area contributed by atoms with Crippen molar-refractivity contribution in [1.82, 2.24) is 5.32 Å². The molecule has 0 bridgehead atoms. The van der Waals surface area contributed by atoms with E-state index in [0.29, 0.717) is 18.4 Å². The summed E-state index contributed by atoms with van der Waals surface area (Å²) in [5.41, 5.74) is 1.54. The van der Waals surface area contributed by atoms with Crippen molar-refractivity contribution in [1.29, 1.82) is 0 Å². The van der Waals surface area contributed by atoms with Crippen LogP contribution in [0.1, 0.15) is 23.3 Å². The highest BCUT2D eigenvalue weighted by atomic mass is 16.4. The van der Waals surface area contributed by atoms with Gasteiger partial charge in [-0.05, 0) is 37.0 Å². The average molecular weight is 311 g/mol. The molecule has 0 saturated carbocycles. The maximum Gasteiger partial charge on any atom is 0.259 e. The Kier molecular flexibility index (Phi) is 4.02. The Balaban J connectivity index is 1.79. The van der Waals surface area contributed by atoms with E-state index >= 15 is 0 Å². The van der Waals surface area contributed by atoms with Crippen molar-refractivity contribution in [2.45, 2.75) is 25.8 Å². The lowest BCUT2D eigenvalue weighted by molar-refractivity contribution is -0.117. The highest BCUT2D eigenvalue weighted by Gasteiger charge is 2.39. The molecule has 0 spiro atoms. The van der Waals surface area contributed by atoms with E-state index < -0.39 is 17.7 Å². The van der Waals surface area contributed by atoms with Crippen LogP contribution in [-0.4, -0.2) is 22.8 Å². The van der Waals surface area contributed by atoms with Gasteiger partial charge in [0.2, 0.25) is 0 Å². The maximum atomic E-state index is 12.4. The van der Waals surface area contributed by atoms with Crippen LogP contribution in [0.3, 0.4) is 0 Å². The highest BCUT2D eigenvalue weighted by molar-refractivity contribution is 6.30. The first kappa shape index (κ1) is 15.1. The molecule has 2 heterocycles. The first-order chi connectivity index (χ1) is 11.1. The second-order valence-electron chi connectivity index (χ2n) is 5.57. The molecular formula is C18H17NO4. The van der Waals surface area contributed by atoms with Gasteiger partial charge in [-0.25, -0.2) is 0 Å². The number of furan rings is 1. The number of hydrogen-bond donors (Lipinski definition) is 2. The Hall–Kier alpha value is -2.82. The van der Waals surface area contributed by atoms with Crippen molar-refractivity contribution in [3.63, 3.8) is 0 Å². The van der Waals surface area contributed by atoms with Gasteiger partial charge in [-0.3, -0.25) is 9.59 Å². The molecular weight excluding hydrogens is 294 g/mol. The summed E-state index contributed by atoms with van der Waals surface area (Å²) in [6, 6.07) is 10.8. The highest BCUT2D eigenvalue weighted by Crippen LogP contribution is 2.25. The van der Waals surface area contributed by atoms with Gasteiger partial charge in [-0.1, -0.05) is 30.3 Å². The number of amides is 1. The lowest BCUT2D eigenvalue weighted by Crippen LogP contribution is -2.29. The minimum Gasteiger partial charge on any atom is -0.504 e. The van der Waals surface area contributed by atoms with E-state index in [4.69, 9.17) is 4.42 Å². The zero-order valence-electron chi connectivity index (χ0n) is 12.7. The van der Waals surface area contributed by atoms with Gasteiger partial charge >= 0.3 is 0 Å². The number of rotatable bonds is 4. The summed E-state index contributed by atoms with van der Waals surface area (Å²) in [6.07, 6.45) is 2.57. The Morgan fingerprint density at radius 1 is 1.22 bits per heavy atom. The summed E-state index contributed by atoms with van der Waals surface area (Å²) in [4.78, 5) is 24.5. The van der Waals surface area contributed by atoms with Crippen LogP contribution in [0, 0.1) is 6.92 Å². The molecule has 1 unspecified atom stereocenters. The molecule has 1 aromatic heterocycles. The molecule has 2 aromatic rings. The molecule has 5 nitrogen and oxygen atoms in total. The zero-order valence-corrected chi connectivity index (χ0v) is 12.7. The van der Waals surface area contributed by atoms with Crippen LogP contribution in [0.15, 0.2) is 52.7 Å². The largest absolute Gasteiger partial charge is 0.504 e. The van der Waals surface area contributed by atoms with Crippen molar-refractivity contribution >= 4 is 17.4 Å². The molecule has 5 heteroatoms. The number of Topliss-reactive ketones (excluding diaryl/α,β-unsaturated/α-hetero) is 1. The summed E-state index contributed by atoms with van der Waals surface area (Å²) in [5, 5.41) is 12.9. The van der Waals surface area contributed by atoms with Gasteiger partial charge in [-0.2, -0.15) is 0 Å². The summed E-state index contributed by atoms with van der Waals surface area (Å²) >= 11 is 0. The fourth-order valence-corrected chi connectivity index (χ4v) is 2.69. The summed E-state index contributed by atoms with van der Waals surface area (Å²) < 4.78 is 5.16. The fourth-order valence-electron chi connectivity index (χ4n) is 2.69. The first-order valence-electron chi connectivity index (χ1n) is 7.44. The molecule has 1 saturated heterocycles. The molecule has 1 atom stereocenters. The third-order valence-electron chi connectivity index (χ3n) is 3.97. The van der Waals surface area contributed by atoms with Crippen LogP contribution in [-0.2, 0) is 16.0 Å². The SMILES string of the molecule is Cc1ccoc1C(O)=C1C(=O)NC(CCc2ccccc2)C1=O. The van der Waals surface area contributed by atoms with Crippen LogP contribution in [0.25, 0.3) is 5.76 Å². The maximum absolute atomic E-state index is 12.4. The lowest BCUT2D eigenvalue weighted by atomic mass is 10.0. The lowest BCUT2D eigenvalue weighted by Gasteiger charge is -2.07. The van der Waals surface area contributed by atoms with Crippen molar-refractivity contribution < 1.29 is 19.1 Å². The number of nitrogens with one attached hydrogen (secondary N) is 1. The van der Waals surface area contributed by atoms with Crippen molar-refractivity contribution in [2.75, 3.05) is 0 Å². The fraction of sp³-hybridized carbons (Fsp3) is 0.222. The van der Waals surface area contributed by atoms with Crippen LogP contribution >= 0.6 is 0 Å². The predicted octanol–water partition coefficient (Wildman–Crippen LogP) is 2.56. The molecule has 2 N–H and O–H groups in total. The normalized spacial score (nSPS) is 19.8. The summed E-state index contributed by atoms with van der Waals surface area (Å²) in [6.45, 7) is 1.74. The van der Waals surface area contributed by atoms with Crippen molar-refractivity contribution in [2.24, 2.45) is 0 Å². The predicted molar refractivity (Wildman–Crippen MR) is 84.7 cm³/mol. The number of aliphatic hydroxyl groups is 1. The number of aryl methyl sites for hydroxylation is 2. The Morgan fingerprint density at radius 2 is 1.96 bits per heavy atom. The second kappa shape index (κ2) is 6.12. The molecule has 1 fully saturated rings. The average Bonchev–Trinajstić information content (AvgIpc) is 3.09. The quantitative estimate of drug-likeness (QED) is 0.517. The number of ketones is 1. The number of hydrogen-bond acceptors (Lipinski definition) is 4. The number of aliphatic hydroxyl groups excluding tert-OH is 1. The van der Waals surface area contributed by atoms with Crippen molar-refractivity contribution in [3.8, 4) is 0 Å². The second-order valence-corrected chi connectivity index (χ2v) is 5.57. The van der Waals surface area contributed by atoms with Gasteiger partial charge in [0.1, 0.15) is 5.57 Å². The van der Waals surface area contributed by atoms with E-state index in [9.17, 15) is 14.7 Å². The smallest absolute Gasteiger partial charge is 0.259 e. The standard InChI is InChI=1S/C18H17NO4/c1-11-9-10-23-17(11)16(21)14-15(20)13(19-18(14)22)8-7-12-5-3-2-4-6-12/h2-6,9-10,13,21H,7-8H2,1H3,(H,19,22). The molecule has 0 radical (unpaired) electrons. The molecule has 3 rings (SSSR count). The van der Waals surface area contributed by atoms with Gasteiger partial charge in [0.05, 0.1) is 12.3 Å². The molecule has 0 aliphatic carbocycles. The van der Waals surface area contributed by atoms with E-state index in [0.717, 1.165) is 5.56 Å². The van der Waals surface area contributed by atoms with E-state index in [1.807, 2.05) is 30.3 Å². The summed E-state index contributed by atoms with van der Waals surface area (Å²) in [7, 11) is 0. The Labute approximate surface area is 133 Å². The zero-order chi connectivity index (χ0) is 16.4. The number of benzene rings is 1. The molecule has 1 aliphatic heterocycles. The number of carbonyl (C=O) groups excluding carboxylic acids is 2. The molecule has 1 aliphatic rings. The van der Waals surface area contributed by atoms with Crippen LogP contribution < -0.4 is 5.32 Å². The minimum atomic E-state index is -0.616. The van der Waals surface area contributed by atoms with Crippen LogP contribution in [0.2, 0.25) is 0 Å². The number of carbonyl (C=O) groups is 2. The van der Waals surface area contributed by atoms with E-state index in [2.05, 4.69) is 5.32 Å². The van der Waals surface area contributed by atoms with Crippen LogP contribution in [0.5, 0.6) is 0 Å². The molecule has 118 valence electrons. The first-order valence-corrected chi connectivity index (χ1v) is 7.44. The van der Waals surface area contributed by atoms with Crippen molar-refractivity contribution in [3.05, 3.63) is 65.1 Å². The monoisotopic (exact) mass is 311 g/mol. The Morgan fingerprint density at radius 3 is 2.61 bits per heavy atom. The van der Waals surface area contributed by atoms with Gasteiger partial charge in [0.15, 0.2) is 17.3 Å². The van der Waals surface area contributed by atoms with Gasteiger partial charge < -0.3 is 14.8 Å². The van der Waals surface area contributed by atoms with E-state index in [1.165, 1.54) is 6.26 Å². The minimum absolute atomic E-state index is 0.159. The van der Waals surface area contributed by atoms with Gasteiger partial charge in [-0.15, -0.1) is 0 Å². The molecule has 1 aromatic carbocycles. The molecule has 1 amide bonds. The van der Waals surface area contributed by atoms with Crippen LogP contribution in [0.4, 0.5) is 0 Å². The molecule has 23 heavy (non-hydrogen) atoms. The van der Waals surface area contributed by atoms with E-state index in [1.54, 1.807) is 13.0 Å². The third kappa shape index (κ3) is 2.90. The topological polar surface area (TPSA) is 79.5 Å². The summed E-state index contributed by atoms with van der Waals surface area (Å²) in [5.74, 6) is -1.18. The third-order valence-corrected chi connectivity index (χ3v) is 3.97.